The summed E-state index contributed by atoms with van der Waals surface area (Å²) in [5, 5.41) is 2.45. The number of hydrogen-bond donors (Lipinski definition) is 1. The summed E-state index contributed by atoms with van der Waals surface area (Å²) in [7, 11) is 0. The van der Waals surface area contributed by atoms with E-state index in [1.807, 2.05) is 37.3 Å². The van der Waals surface area contributed by atoms with Gasteiger partial charge in [0.2, 0.25) is 0 Å². The van der Waals surface area contributed by atoms with Crippen molar-refractivity contribution in [2.75, 3.05) is 0 Å². The molecule has 1 unspecified atom stereocenters. The summed E-state index contributed by atoms with van der Waals surface area (Å²) in [4.78, 5) is 35.2. The van der Waals surface area contributed by atoms with Gasteiger partial charge in [-0.2, -0.15) is 0 Å². The maximum atomic E-state index is 12.0. The van der Waals surface area contributed by atoms with E-state index in [0.29, 0.717) is 6.42 Å². The number of esters is 2. The Morgan fingerprint density at radius 3 is 2.35 bits per heavy atom. The van der Waals surface area contributed by atoms with Crippen LogP contribution in [0.1, 0.15) is 39.2 Å². The van der Waals surface area contributed by atoms with Crippen molar-refractivity contribution in [3.05, 3.63) is 35.9 Å². The molecule has 1 rings (SSSR count). The molecule has 0 bridgehead atoms. The molecule has 6 nitrogen and oxygen atoms in total. The average molecular weight is 321 g/mol. The fourth-order valence-electron chi connectivity index (χ4n) is 1.82. The van der Waals surface area contributed by atoms with E-state index in [-0.39, 0.29) is 18.9 Å². The molecule has 6 heteroatoms. The summed E-state index contributed by atoms with van der Waals surface area (Å²) in [6.07, 6.45) is 0.0208. The Hall–Kier alpha value is -2.37. The highest BCUT2D eigenvalue weighted by Crippen LogP contribution is 2.07. The van der Waals surface area contributed by atoms with Crippen molar-refractivity contribution in [3.8, 4) is 0 Å². The van der Waals surface area contributed by atoms with E-state index in [2.05, 4.69) is 5.32 Å². The highest BCUT2D eigenvalue weighted by atomic mass is 16.6. The van der Waals surface area contributed by atoms with Gasteiger partial charge >= 0.3 is 18.0 Å². The molecule has 0 aromatic heterocycles. The number of amides is 1. The van der Waals surface area contributed by atoms with E-state index in [1.165, 1.54) is 0 Å². The van der Waals surface area contributed by atoms with Crippen LogP contribution in [0.2, 0.25) is 0 Å². The zero-order chi connectivity index (χ0) is 17.2. The van der Waals surface area contributed by atoms with Gasteiger partial charge in [-0.25, -0.2) is 9.59 Å². The number of rotatable bonds is 7. The van der Waals surface area contributed by atoms with Gasteiger partial charge in [0.1, 0.15) is 12.6 Å². The van der Waals surface area contributed by atoms with E-state index in [1.54, 1.807) is 13.8 Å². The average Bonchev–Trinajstić information content (AvgIpc) is 2.51. The summed E-state index contributed by atoms with van der Waals surface area (Å²) in [6, 6.07) is 8.26. The predicted molar refractivity (Wildman–Crippen MR) is 84.4 cm³/mol. The molecule has 0 spiro atoms. The van der Waals surface area contributed by atoms with Crippen molar-refractivity contribution in [1.82, 2.24) is 5.32 Å². The van der Waals surface area contributed by atoms with Crippen LogP contribution >= 0.6 is 0 Å². The maximum Gasteiger partial charge on any atom is 0.408 e. The van der Waals surface area contributed by atoms with Gasteiger partial charge in [0.25, 0.3) is 0 Å². The van der Waals surface area contributed by atoms with Gasteiger partial charge in [-0.15, -0.1) is 0 Å². The zero-order valence-electron chi connectivity index (χ0n) is 13.7. The lowest BCUT2D eigenvalue weighted by molar-refractivity contribution is -0.161. The van der Waals surface area contributed by atoms with Crippen molar-refractivity contribution in [2.24, 2.45) is 5.92 Å². The molecule has 0 fully saturated rings. The van der Waals surface area contributed by atoms with Crippen LogP contribution in [0.15, 0.2) is 30.3 Å². The Morgan fingerprint density at radius 1 is 1.13 bits per heavy atom. The molecule has 1 N–H and O–H groups in total. The second-order valence-electron chi connectivity index (χ2n) is 5.47. The van der Waals surface area contributed by atoms with E-state index >= 15 is 0 Å². The molecule has 0 aliphatic carbocycles. The van der Waals surface area contributed by atoms with E-state index < -0.39 is 24.1 Å². The molecule has 0 radical (unpaired) electrons. The molecule has 1 amide bonds. The van der Waals surface area contributed by atoms with Crippen molar-refractivity contribution in [3.63, 3.8) is 0 Å². The lowest BCUT2D eigenvalue weighted by atomic mass is 10.1. The third-order valence-electron chi connectivity index (χ3n) is 3.08. The van der Waals surface area contributed by atoms with Crippen LogP contribution < -0.4 is 5.32 Å². The summed E-state index contributed by atoms with van der Waals surface area (Å²) < 4.78 is 9.80. The van der Waals surface area contributed by atoms with Gasteiger partial charge in [0.05, 0.1) is 0 Å². The van der Waals surface area contributed by atoms with Crippen LogP contribution in [0, 0.1) is 5.92 Å². The second kappa shape index (κ2) is 9.61. The first-order chi connectivity index (χ1) is 10.9. The molecule has 1 aromatic carbocycles. The lowest BCUT2D eigenvalue weighted by Gasteiger charge is -2.19. The SMILES string of the molecule is CCCC(=O)OC(=O)C(NC(=O)OCc1ccccc1)C(C)C. The van der Waals surface area contributed by atoms with Crippen molar-refractivity contribution in [1.29, 1.82) is 0 Å². The molecule has 23 heavy (non-hydrogen) atoms. The molecule has 1 atom stereocenters. The Labute approximate surface area is 136 Å². The van der Waals surface area contributed by atoms with Gasteiger partial charge in [-0.1, -0.05) is 51.1 Å². The summed E-state index contributed by atoms with van der Waals surface area (Å²) in [5.41, 5.74) is 0.837. The van der Waals surface area contributed by atoms with Crippen molar-refractivity contribution >= 4 is 18.0 Å². The largest absolute Gasteiger partial charge is 0.445 e. The van der Waals surface area contributed by atoms with Crippen LogP contribution in [-0.2, 0) is 25.7 Å². The fraction of sp³-hybridized carbons (Fsp3) is 0.471. The third kappa shape index (κ3) is 6.95. The molecule has 0 saturated heterocycles. The number of alkyl carbamates (subject to hydrolysis) is 1. The van der Waals surface area contributed by atoms with Crippen molar-refractivity contribution < 1.29 is 23.9 Å². The Morgan fingerprint density at radius 2 is 1.78 bits per heavy atom. The summed E-state index contributed by atoms with van der Waals surface area (Å²) in [6.45, 7) is 5.40. The number of nitrogens with one attached hydrogen (secondary N) is 1. The van der Waals surface area contributed by atoms with Crippen LogP contribution in [0.4, 0.5) is 4.79 Å². The van der Waals surface area contributed by atoms with Crippen LogP contribution in [0.3, 0.4) is 0 Å². The highest BCUT2D eigenvalue weighted by Gasteiger charge is 2.28. The Kier molecular flexibility index (Phi) is 7.80. The number of carbonyl (C=O) groups excluding carboxylic acids is 3. The van der Waals surface area contributed by atoms with Gasteiger partial charge in [0, 0.05) is 6.42 Å². The number of ether oxygens (including phenoxy) is 2. The predicted octanol–water partition coefficient (Wildman–Crippen LogP) is 2.81. The first-order valence-corrected chi connectivity index (χ1v) is 7.65. The van der Waals surface area contributed by atoms with Gasteiger partial charge in [-0.3, -0.25) is 4.79 Å². The molecule has 0 aliphatic rings. The smallest absolute Gasteiger partial charge is 0.408 e. The summed E-state index contributed by atoms with van der Waals surface area (Å²) in [5.74, 6) is -1.60. The Bertz CT molecular complexity index is 527. The molecule has 0 heterocycles. The zero-order valence-corrected chi connectivity index (χ0v) is 13.7. The topological polar surface area (TPSA) is 81.7 Å². The number of carbonyl (C=O) groups is 3. The molecular formula is C17H23NO5. The van der Waals surface area contributed by atoms with Gasteiger partial charge in [-0.05, 0) is 17.9 Å². The monoisotopic (exact) mass is 321 g/mol. The molecule has 126 valence electrons. The van der Waals surface area contributed by atoms with Gasteiger partial charge < -0.3 is 14.8 Å². The van der Waals surface area contributed by atoms with E-state index in [9.17, 15) is 14.4 Å². The van der Waals surface area contributed by atoms with Crippen LogP contribution in [0.5, 0.6) is 0 Å². The van der Waals surface area contributed by atoms with Gasteiger partial charge in [0.15, 0.2) is 0 Å². The first kappa shape index (κ1) is 18.7. The van der Waals surface area contributed by atoms with Crippen LogP contribution in [-0.4, -0.2) is 24.1 Å². The standard InChI is InChI=1S/C17H23NO5/c1-4-8-14(19)23-16(20)15(12(2)3)18-17(21)22-11-13-9-6-5-7-10-13/h5-7,9-10,12,15H,4,8,11H2,1-3H3,(H,18,21). The Balaban J connectivity index is 2.52. The second-order valence-corrected chi connectivity index (χ2v) is 5.47. The highest BCUT2D eigenvalue weighted by molar-refractivity contribution is 5.90. The summed E-state index contributed by atoms with van der Waals surface area (Å²) >= 11 is 0. The maximum absolute atomic E-state index is 12.0. The molecule has 0 saturated carbocycles. The fourth-order valence-corrected chi connectivity index (χ4v) is 1.82. The van der Waals surface area contributed by atoms with E-state index in [0.717, 1.165) is 5.56 Å². The molecular weight excluding hydrogens is 298 g/mol. The van der Waals surface area contributed by atoms with E-state index in [4.69, 9.17) is 9.47 Å². The first-order valence-electron chi connectivity index (χ1n) is 7.65. The normalized spacial score (nSPS) is 11.7. The minimum absolute atomic E-state index is 0.0985. The quantitative estimate of drug-likeness (QED) is 0.617. The van der Waals surface area contributed by atoms with Crippen molar-refractivity contribution in [2.45, 2.75) is 46.3 Å². The minimum Gasteiger partial charge on any atom is -0.445 e. The molecule has 1 aromatic rings. The number of benzene rings is 1. The number of hydrogen-bond acceptors (Lipinski definition) is 5. The molecule has 0 aliphatic heterocycles. The lowest BCUT2D eigenvalue weighted by Crippen LogP contribution is -2.46. The van der Waals surface area contributed by atoms with Crippen LogP contribution in [0.25, 0.3) is 0 Å². The third-order valence-corrected chi connectivity index (χ3v) is 3.08. The minimum atomic E-state index is -0.931.